The molecule has 2 unspecified atom stereocenters. The van der Waals surface area contributed by atoms with Gasteiger partial charge in [-0.05, 0) is 112 Å². The van der Waals surface area contributed by atoms with Gasteiger partial charge in [0.05, 0.1) is 18.1 Å². The molecular weight excluding hydrogens is 426 g/mol. The summed E-state index contributed by atoms with van der Waals surface area (Å²) in [5.74, 6) is 2.82. The summed E-state index contributed by atoms with van der Waals surface area (Å²) in [4.78, 5) is 2.65. The van der Waals surface area contributed by atoms with Crippen molar-refractivity contribution >= 4 is 11.8 Å². The maximum absolute atomic E-state index is 12.4. The molecule has 0 radical (unpaired) electrons. The highest BCUT2D eigenvalue weighted by molar-refractivity contribution is 8.00. The van der Waals surface area contributed by atoms with E-state index in [1.165, 1.54) is 75.9 Å². The van der Waals surface area contributed by atoms with E-state index in [4.69, 9.17) is 4.42 Å². The Kier molecular flexibility index (Phi) is 5.82. The van der Waals surface area contributed by atoms with Crippen LogP contribution >= 0.6 is 11.8 Å². The minimum Gasteiger partial charge on any atom is -0.472 e. The first-order chi connectivity index (χ1) is 15.9. The highest BCUT2D eigenvalue weighted by Gasteiger charge is 2.66. The van der Waals surface area contributed by atoms with Gasteiger partial charge in [0.2, 0.25) is 0 Å². The molecule has 5 aliphatic rings. The highest BCUT2D eigenvalue weighted by Crippen LogP contribution is 2.70. The Labute approximate surface area is 204 Å². The fraction of sp³-hybridized carbons (Fsp3) is 0.793. The van der Waals surface area contributed by atoms with E-state index in [0.717, 1.165) is 19.3 Å². The summed E-state index contributed by atoms with van der Waals surface area (Å²) in [6.07, 6.45) is 18.7. The standard InChI is InChI=1S/C29H43NO2S/c1-27-11-7-23(33-18-16-30-14-3-4-15-30)19-22(27)5-6-26-25(27)8-12-28(2)24(9-13-29(26,28)31)21-10-17-32-20-21/h10,17,19-20,23-26,31H,3-9,11-16,18H2,1-2H3/t23?,24?,25-,26-,27+,28-,29-/m1/s1. The van der Waals surface area contributed by atoms with Gasteiger partial charge in [-0.1, -0.05) is 25.5 Å². The molecule has 1 saturated heterocycles. The minimum atomic E-state index is -0.520. The lowest BCUT2D eigenvalue weighted by atomic mass is 9.45. The van der Waals surface area contributed by atoms with Gasteiger partial charge in [-0.3, -0.25) is 0 Å². The molecule has 33 heavy (non-hydrogen) atoms. The number of rotatable bonds is 5. The number of fused-ring (bicyclic) bond motifs is 5. The van der Waals surface area contributed by atoms with Gasteiger partial charge in [0, 0.05) is 23.0 Å². The fourth-order valence-electron chi connectivity index (χ4n) is 9.14. The molecule has 1 aromatic rings. The number of thioether (sulfide) groups is 1. The Bertz CT molecular complexity index is 876. The Hall–Kier alpha value is -0.710. The van der Waals surface area contributed by atoms with Gasteiger partial charge in [-0.15, -0.1) is 0 Å². The maximum atomic E-state index is 12.4. The molecule has 0 amide bonds. The van der Waals surface area contributed by atoms with E-state index in [2.05, 4.69) is 42.7 Å². The first kappa shape index (κ1) is 22.7. The number of nitrogens with zero attached hydrogens (tertiary/aromatic N) is 1. The molecule has 4 fully saturated rings. The Balaban J connectivity index is 1.18. The van der Waals surface area contributed by atoms with E-state index in [1.807, 2.05) is 12.5 Å². The summed E-state index contributed by atoms with van der Waals surface area (Å²) >= 11 is 2.20. The van der Waals surface area contributed by atoms with Gasteiger partial charge < -0.3 is 14.4 Å². The largest absolute Gasteiger partial charge is 0.472 e. The van der Waals surface area contributed by atoms with E-state index >= 15 is 0 Å². The van der Waals surface area contributed by atoms with Crippen molar-refractivity contribution in [1.29, 1.82) is 0 Å². The normalized spacial score (nSPS) is 45.4. The van der Waals surface area contributed by atoms with Gasteiger partial charge in [0.15, 0.2) is 0 Å². The maximum Gasteiger partial charge on any atom is 0.0937 e. The van der Waals surface area contributed by atoms with Crippen LogP contribution in [0.5, 0.6) is 0 Å². The SMILES string of the molecule is C[C@]12CCC(SCCN3CCCC3)C=C1CC[C@@H]1[C@H]2CC[C@]2(C)C(c3ccoc3)CC[C@@]12O. The number of aliphatic hydroxyl groups is 1. The van der Waals surface area contributed by atoms with E-state index in [9.17, 15) is 5.11 Å². The van der Waals surface area contributed by atoms with Gasteiger partial charge in [-0.25, -0.2) is 0 Å². The summed E-state index contributed by atoms with van der Waals surface area (Å²) in [6.45, 7) is 8.87. The minimum absolute atomic E-state index is 0.0156. The van der Waals surface area contributed by atoms with Gasteiger partial charge >= 0.3 is 0 Å². The van der Waals surface area contributed by atoms with Crippen molar-refractivity contribution < 1.29 is 9.52 Å². The van der Waals surface area contributed by atoms with Crippen LogP contribution in [0.15, 0.2) is 34.7 Å². The molecule has 2 heterocycles. The van der Waals surface area contributed by atoms with Crippen molar-refractivity contribution in [2.75, 3.05) is 25.4 Å². The average molecular weight is 470 g/mol. The molecule has 1 aromatic heterocycles. The first-order valence-electron chi connectivity index (χ1n) is 13.7. The predicted molar refractivity (Wildman–Crippen MR) is 137 cm³/mol. The summed E-state index contributed by atoms with van der Waals surface area (Å²) in [5, 5.41) is 13.1. The lowest BCUT2D eigenvalue weighted by molar-refractivity contribution is -0.177. The number of hydrogen-bond acceptors (Lipinski definition) is 4. The summed E-state index contributed by atoms with van der Waals surface area (Å²) in [5.41, 5.74) is 2.82. The zero-order valence-electron chi connectivity index (χ0n) is 20.7. The van der Waals surface area contributed by atoms with Crippen LogP contribution in [0.4, 0.5) is 0 Å². The zero-order valence-corrected chi connectivity index (χ0v) is 21.5. The monoisotopic (exact) mass is 469 g/mol. The smallest absolute Gasteiger partial charge is 0.0937 e. The van der Waals surface area contributed by atoms with Gasteiger partial charge in [-0.2, -0.15) is 11.8 Å². The third kappa shape index (κ3) is 3.52. The van der Waals surface area contributed by atoms with E-state index in [1.54, 1.807) is 5.57 Å². The van der Waals surface area contributed by atoms with Crippen LogP contribution in [-0.4, -0.2) is 46.2 Å². The Morgan fingerprint density at radius 2 is 1.91 bits per heavy atom. The second-order valence-corrected chi connectivity index (χ2v) is 13.7. The van der Waals surface area contributed by atoms with E-state index in [0.29, 0.717) is 28.4 Å². The highest BCUT2D eigenvalue weighted by atomic mass is 32.2. The second kappa shape index (κ2) is 8.45. The van der Waals surface area contributed by atoms with Crippen molar-refractivity contribution in [2.45, 2.75) is 94.8 Å². The Morgan fingerprint density at radius 1 is 1.06 bits per heavy atom. The van der Waals surface area contributed by atoms with E-state index in [-0.39, 0.29) is 5.41 Å². The van der Waals surface area contributed by atoms with Crippen LogP contribution in [0.2, 0.25) is 0 Å². The molecule has 3 saturated carbocycles. The van der Waals surface area contributed by atoms with E-state index < -0.39 is 5.60 Å². The molecule has 1 N–H and O–H groups in total. The van der Waals surface area contributed by atoms with Crippen molar-refractivity contribution in [3.63, 3.8) is 0 Å². The molecule has 4 heteroatoms. The zero-order chi connectivity index (χ0) is 22.7. The van der Waals surface area contributed by atoms with Crippen LogP contribution in [0.1, 0.15) is 89.5 Å². The van der Waals surface area contributed by atoms with Gasteiger partial charge in [0.1, 0.15) is 0 Å². The summed E-state index contributed by atoms with van der Waals surface area (Å²) < 4.78 is 5.45. The molecule has 0 spiro atoms. The third-order valence-electron chi connectivity index (χ3n) is 11.1. The molecule has 6 rings (SSSR count). The number of allylic oxidation sites excluding steroid dienone is 1. The predicted octanol–water partition coefficient (Wildman–Crippen LogP) is 6.64. The molecule has 182 valence electrons. The summed E-state index contributed by atoms with van der Waals surface area (Å²) in [6, 6.07) is 2.14. The van der Waals surface area contributed by atoms with Crippen molar-refractivity contribution in [2.24, 2.45) is 22.7 Å². The Morgan fingerprint density at radius 3 is 2.70 bits per heavy atom. The lowest BCUT2D eigenvalue weighted by Gasteiger charge is -2.62. The van der Waals surface area contributed by atoms with Crippen molar-refractivity contribution in [3.8, 4) is 0 Å². The first-order valence-corrected chi connectivity index (χ1v) is 14.8. The molecule has 4 aliphatic carbocycles. The summed E-state index contributed by atoms with van der Waals surface area (Å²) in [7, 11) is 0. The quantitative estimate of drug-likeness (QED) is 0.491. The molecule has 0 bridgehead atoms. The second-order valence-electron chi connectivity index (χ2n) is 12.4. The molecule has 3 nitrogen and oxygen atoms in total. The topological polar surface area (TPSA) is 36.6 Å². The van der Waals surface area contributed by atoms with Crippen LogP contribution < -0.4 is 0 Å². The molecule has 1 aliphatic heterocycles. The van der Waals surface area contributed by atoms with Crippen LogP contribution in [-0.2, 0) is 0 Å². The third-order valence-corrected chi connectivity index (χ3v) is 12.4. The number of hydrogen-bond donors (Lipinski definition) is 1. The molecule has 7 atom stereocenters. The van der Waals surface area contributed by atoms with Crippen LogP contribution in [0.25, 0.3) is 0 Å². The fourth-order valence-corrected chi connectivity index (χ4v) is 10.4. The van der Waals surface area contributed by atoms with Crippen LogP contribution in [0, 0.1) is 22.7 Å². The average Bonchev–Trinajstić information content (AvgIpc) is 3.55. The van der Waals surface area contributed by atoms with Crippen molar-refractivity contribution in [3.05, 3.63) is 35.8 Å². The van der Waals surface area contributed by atoms with Crippen molar-refractivity contribution in [1.82, 2.24) is 4.90 Å². The van der Waals surface area contributed by atoms with Gasteiger partial charge in [0.25, 0.3) is 0 Å². The molecular formula is C29H43NO2S. The molecule has 0 aromatic carbocycles. The van der Waals surface area contributed by atoms with Crippen LogP contribution in [0.3, 0.4) is 0 Å². The number of likely N-dealkylation sites (tertiary alicyclic amines) is 1. The number of furan rings is 1. The lowest BCUT2D eigenvalue weighted by Crippen LogP contribution is -2.60.